The molecule has 2 aromatic heterocycles. The van der Waals surface area contributed by atoms with Gasteiger partial charge < -0.3 is 5.73 Å². The molecule has 0 aliphatic carbocycles. The number of pyridine rings is 1. The van der Waals surface area contributed by atoms with E-state index in [1.165, 1.54) is 15.3 Å². The van der Waals surface area contributed by atoms with E-state index in [0.29, 0.717) is 0 Å². The van der Waals surface area contributed by atoms with Crippen LogP contribution in [0, 0.1) is 0 Å². The standard InChI is InChI=1S/C15H14N2S/c1-2-3-12(6-9-16)14-4-5-15(18-14)13-7-10-17-11-8-13/h2-11H,1,16H2/p+2. The molecule has 0 aromatic carbocycles. The van der Waals surface area contributed by atoms with Crippen molar-refractivity contribution in [3.05, 3.63) is 72.5 Å². The summed E-state index contributed by atoms with van der Waals surface area (Å²) in [4.78, 5) is 5.51. The Morgan fingerprint density at radius 3 is 2.67 bits per heavy atom. The van der Waals surface area contributed by atoms with Crippen LogP contribution >= 0.6 is 11.3 Å². The minimum Gasteiger partial charge on any atom is -0.331 e. The van der Waals surface area contributed by atoms with Gasteiger partial charge in [0.05, 0.1) is 6.20 Å². The second kappa shape index (κ2) is 6.10. The van der Waals surface area contributed by atoms with Gasteiger partial charge in [0.2, 0.25) is 0 Å². The Balaban J connectivity index is 2.36. The molecule has 18 heavy (non-hydrogen) atoms. The first-order chi connectivity index (χ1) is 8.85. The van der Waals surface area contributed by atoms with Crippen LogP contribution < -0.4 is 10.7 Å². The molecule has 0 amide bonds. The summed E-state index contributed by atoms with van der Waals surface area (Å²) in [6.45, 7) is 3.74. The Morgan fingerprint density at radius 1 is 1.22 bits per heavy atom. The van der Waals surface area contributed by atoms with Crippen LogP contribution in [-0.2, 0) is 0 Å². The smallest absolute Gasteiger partial charge is 0.167 e. The van der Waals surface area contributed by atoms with Crippen LogP contribution in [0.15, 0.2) is 67.7 Å². The average molecular weight is 256 g/mol. The fraction of sp³-hybridized carbons (Fsp3) is 0. The minimum atomic E-state index is 1.14. The molecule has 90 valence electrons. The molecule has 0 spiro atoms. The largest absolute Gasteiger partial charge is 0.331 e. The Kier molecular flexibility index (Phi) is 4.23. The van der Waals surface area contributed by atoms with E-state index >= 15 is 0 Å². The van der Waals surface area contributed by atoms with E-state index in [0.717, 1.165) is 5.57 Å². The van der Waals surface area contributed by atoms with E-state index in [1.54, 1.807) is 23.6 Å². The zero-order chi connectivity index (χ0) is 12.8. The summed E-state index contributed by atoms with van der Waals surface area (Å²) in [5.41, 5.74) is 6.10. The molecule has 0 bridgehead atoms. The van der Waals surface area contributed by atoms with Crippen LogP contribution in [0.1, 0.15) is 4.88 Å². The zero-order valence-corrected chi connectivity index (χ0v) is 10.9. The van der Waals surface area contributed by atoms with Gasteiger partial charge in [-0.3, -0.25) is 0 Å². The molecule has 2 rings (SSSR count). The van der Waals surface area contributed by atoms with E-state index in [-0.39, 0.29) is 0 Å². The van der Waals surface area contributed by atoms with E-state index in [4.69, 9.17) is 0 Å². The van der Waals surface area contributed by atoms with Gasteiger partial charge in [-0.2, -0.15) is 0 Å². The van der Waals surface area contributed by atoms with Crippen LogP contribution in [0.2, 0.25) is 0 Å². The number of aromatic amines is 1. The van der Waals surface area contributed by atoms with Crippen LogP contribution in [-0.4, -0.2) is 0 Å². The molecule has 0 fully saturated rings. The predicted octanol–water partition coefficient (Wildman–Crippen LogP) is 2.55. The number of hydrogen-bond acceptors (Lipinski definition) is 1. The van der Waals surface area contributed by atoms with Crippen molar-refractivity contribution in [2.24, 2.45) is 0 Å². The number of hydrogen-bond donors (Lipinski definition) is 1. The van der Waals surface area contributed by atoms with Crippen molar-refractivity contribution in [1.29, 1.82) is 0 Å². The van der Waals surface area contributed by atoms with Gasteiger partial charge in [0.15, 0.2) is 12.4 Å². The van der Waals surface area contributed by atoms with Gasteiger partial charge in [-0.25, -0.2) is 4.98 Å². The van der Waals surface area contributed by atoms with Gasteiger partial charge in [-0.05, 0) is 23.8 Å². The Bertz CT molecular complexity index is 580. The second-order valence-electron chi connectivity index (χ2n) is 3.71. The third kappa shape index (κ3) is 2.83. The molecular weight excluding hydrogens is 240 g/mol. The first kappa shape index (κ1) is 12.5. The van der Waals surface area contributed by atoms with Crippen LogP contribution in [0.4, 0.5) is 0 Å². The molecule has 4 N–H and O–H groups in total. The van der Waals surface area contributed by atoms with E-state index in [9.17, 15) is 0 Å². The van der Waals surface area contributed by atoms with Gasteiger partial charge in [0.25, 0.3) is 0 Å². The highest BCUT2D eigenvalue weighted by atomic mass is 32.1. The number of H-pyrrole nitrogens is 1. The van der Waals surface area contributed by atoms with Gasteiger partial charge in [-0.1, -0.05) is 18.7 Å². The number of quaternary nitrogens is 1. The Morgan fingerprint density at radius 2 is 2.00 bits per heavy atom. The fourth-order valence-electron chi connectivity index (χ4n) is 1.67. The quantitative estimate of drug-likeness (QED) is 0.817. The minimum absolute atomic E-state index is 1.14. The number of aromatic nitrogens is 1. The molecule has 2 nitrogen and oxygen atoms in total. The maximum atomic E-state index is 3.74. The summed E-state index contributed by atoms with van der Waals surface area (Å²) < 4.78 is 0. The summed E-state index contributed by atoms with van der Waals surface area (Å²) in [6, 6.07) is 8.42. The molecular formula is C15H16N2S+2. The van der Waals surface area contributed by atoms with Crippen molar-refractivity contribution in [2.45, 2.75) is 0 Å². The maximum absolute atomic E-state index is 3.74. The number of allylic oxidation sites excluding steroid dienone is 4. The van der Waals surface area contributed by atoms with E-state index < -0.39 is 0 Å². The lowest BCUT2D eigenvalue weighted by molar-refractivity contribution is -0.377. The van der Waals surface area contributed by atoms with E-state index in [1.807, 2.05) is 24.5 Å². The molecule has 2 heterocycles. The Hall–Kier alpha value is -1.97. The number of nitrogens with one attached hydrogen (secondary N) is 1. The SMILES string of the molecule is C=CC=C(C=C[NH3+])c1ccc(-c2cc[nH+]cc2)s1. The van der Waals surface area contributed by atoms with Crippen LogP contribution in [0.5, 0.6) is 0 Å². The fourth-order valence-corrected chi connectivity index (χ4v) is 2.69. The zero-order valence-electron chi connectivity index (χ0n) is 10.1. The monoisotopic (exact) mass is 256 g/mol. The molecule has 0 aliphatic rings. The predicted molar refractivity (Wildman–Crippen MR) is 76.5 cm³/mol. The van der Waals surface area contributed by atoms with Crippen molar-refractivity contribution in [3.8, 4) is 10.4 Å². The average Bonchev–Trinajstić information content (AvgIpc) is 2.89. The molecule has 0 saturated carbocycles. The molecule has 0 aliphatic heterocycles. The highest BCUT2D eigenvalue weighted by molar-refractivity contribution is 7.16. The first-order valence-electron chi connectivity index (χ1n) is 5.70. The number of thiophene rings is 1. The molecule has 2 aromatic rings. The Labute approximate surface area is 111 Å². The lowest BCUT2D eigenvalue weighted by Gasteiger charge is -1.95. The summed E-state index contributed by atoms with van der Waals surface area (Å²) in [5.74, 6) is 0. The summed E-state index contributed by atoms with van der Waals surface area (Å²) in [6.07, 6.45) is 11.5. The van der Waals surface area contributed by atoms with E-state index in [2.05, 4.69) is 41.6 Å². The topological polar surface area (TPSA) is 41.8 Å². The molecule has 0 unspecified atom stereocenters. The van der Waals surface area contributed by atoms with Gasteiger partial charge in [0.1, 0.15) is 0 Å². The highest BCUT2D eigenvalue weighted by Crippen LogP contribution is 2.31. The second-order valence-corrected chi connectivity index (χ2v) is 4.80. The van der Waals surface area contributed by atoms with Crippen molar-refractivity contribution < 1.29 is 10.7 Å². The lowest BCUT2D eigenvalue weighted by Crippen LogP contribution is -2.39. The van der Waals surface area contributed by atoms with Gasteiger partial charge >= 0.3 is 0 Å². The third-order valence-corrected chi connectivity index (χ3v) is 3.67. The van der Waals surface area contributed by atoms with Crippen LogP contribution in [0.3, 0.4) is 0 Å². The summed E-state index contributed by atoms with van der Waals surface area (Å²) >= 11 is 1.76. The van der Waals surface area contributed by atoms with Crippen molar-refractivity contribution in [1.82, 2.24) is 0 Å². The van der Waals surface area contributed by atoms with Crippen molar-refractivity contribution in [2.75, 3.05) is 0 Å². The molecule has 3 heteroatoms. The lowest BCUT2D eigenvalue weighted by atomic mass is 10.2. The number of rotatable bonds is 4. The third-order valence-electron chi connectivity index (χ3n) is 2.49. The molecule has 0 radical (unpaired) electrons. The summed E-state index contributed by atoms with van der Waals surface area (Å²) in [5, 5.41) is 0. The normalized spacial score (nSPS) is 11.9. The summed E-state index contributed by atoms with van der Waals surface area (Å²) in [7, 11) is 0. The van der Waals surface area contributed by atoms with Gasteiger partial charge in [-0.15, -0.1) is 11.3 Å². The first-order valence-corrected chi connectivity index (χ1v) is 6.52. The molecule has 0 saturated heterocycles. The molecule has 0 atom stereocenters. The maximum Gasteiger partial charge on any atom is 0.167 e. The van der Waals surface area contributed by atoms with Crippen molar-refractivity contribution in [3.63, 3.8) is 0 Å². The van der Waals surface area contributed by atoms with Crippen LogP contribution in [0.25, 0.3) is 16.0 Å². The highest BCUT2D eigenvalue weighted by Gasteiger charge is 2.05. The van der Waals surface area contributed by atoms with Crippen molar-refractivity contribution >= 4 is 16.9 Å². The van der Waals surface area contributed by atoms with Gasteiger partial charge in [0, 0.05) is 27.5 Å².